The Bertz CT molecular complexity index is 654. The molecular formula is C18H25N3O. The van der Waals surface area contributed by atoms with Crippen molar-refractivity contribution in [3.8, 4) is 16.9 Å². The Morgan fingerprint density at radius 3 is 2.55 bits per heavy atom. The third-order valence-corrected chi connectivity index (χ3v) is 4.98. The molecule has 1 aromatic carbocycles. The van der Waals surface area contributed by atoms with E-state index in [1.165, 1.54) is 31.2 Å². The summed E-state index contributed by atoms with van der Waals surface area (Å²) in [5.74, 6) is 3.13. The lowest BCUT2D eigenvalue weighted by Gasteiger charge is -2.28. The average molecular weight is 299 g/mol. The van der Waals surface area contributed by atoms with Crippen LogP contribution in [0.25, 0.3) is 11.1 Å². The van der Waals surface area contributed by atoms with Crippen molar-refractivity contribution in [3.05, 3.63) is 30.0 Å². The molecule has 1 aliphatic carbocycles. The number of anilines is 1. The molecule has 1 fully saturated rings. The number of aryl methyl sites for hydroxylation is 1. The molecule has 0 spiro atoms. The van der Waals surface area contributed by atoms with Gasteiger partial charge in [-0.2, -0.15) is 5.10 Å². The first-order valence-corrected chi connectivity index (χ1v) is 8.06. The van der Waals surface area contributed by atoms with Crippen LogP contribution in [0.3, 0.4) is 0 Å². The van der Waals surface area contributed by atoms with E-state index in [2.05, 4.69) is 30.2 Å². The van der Waals surface area contributed by atoms with Gasteiger partial charge in [-0.3, -0.25) is 4.68 Å². The van der Waals surface area contributed by atoms with Crippen LogP contribution in [0.1, 0.15) is 44.1 Å². The van der Waals surface area contributed by atoms with Gasteiger partial charge in [-0.1, -0.05) is 25.8 Å². The molecule has 118 valence electrons. The minimum absolute atomic E-state index is 0.587. The molecule has 1 aliphatic rings. The second-order valence-electron chi connectivity index (χ2n) is 6.48. The first-order valence-electron chi connectivity index (χ1n) is 8.06. The van der Waals surface area contributed by atoms with E-state index in [0.29, 0.717) is 11.7 Å². The number of ether oxygens (including phenoxy) is 1. The van der Waals surface area contributed by atoms with Crippen molar-refractivity contribution >= 4 is 5.82 Å². The number of hydrogen-bond acceptors (Lipinski definition) is 3. The Labute approximate surface area is 132 Å². The van der Waals surface area contributed by atoms with Crippen LogP contribution in [0.2, 0.25) is 0 Å². The molecule has 3 rings (SSSR count). The van der Waals surface area contributed by atoms with E-state index in [1.54, 1.807) is 11.8 Å². The predicted molar refractivity (Wildman–Crippen MR) is 90.0 cm³/mol. The third kappa shape index (κ3) is 2.70. The summed E-state index contributed by atoms with van der Waals surface area (Å²) in [6, 6.07) is 6.38. The van der Waals surface area contributed by atoms with Crippen LogP contribution in [0.5, 0.6) is 5.75 Å². The highest BCUT2D eigenvalue weighted by Gasteiger charge is 2.23. The molecule has 1 aromatic heterocycles. The summed E-state index contributed by atoms with van der Waals surface area (Å²) in [7, 11) is 3.62. The lowest BCUT2D eigenvalue weighted by atomic mass is 9.78. The van der Waals surface area contributed by atoms with Crippen molar-refractivity contribution in [2.45, 2.75) is 38.5 Å². The molecule has 0 radical (unpaired) electrons. The minimum atomic E-state index is 0.587. The molecule has 0 bridgehead atoms. The molecule has 1 heterocycles. The zero-order valence-corrected chi connectivity index (χ0v) is 13.7. The lowest BCUT2D eigenvalue weighted by Crippen LogP contribution is -2.11. The van der Waals surface area contributed by atoms with Gasteiger partial charge in [0.05, 0.1) is 13.3 Å². The molecule has 2 aromatic rings. The maximum absolute atomic E-state index is 6.12. The second kappa shape index (κ2) is 6.03. The van der Waals surface area contributed by atoms with E-state index >= 15 is 0 Å². The van der Waals surface area contributed by atoms with Gasteiger partial charge in [0.15, 0.2) is 0 Å². The SMILES string of the molecule is COc1ccc(-c2cnn(C)c2N)cc1C1CCC(C)CC1. The normalized spacial score (nSPS) is 21.8. The molecule has 0 aliphatic heterocycles. The summed E-state index contributed by atoms with van der Waals surface area (Å²) in [5.41, 5.74) is 9.56. The third-order valence-electron chi connectivity index (χ3n) is 4.98. The Kier molecular flexibility index (Phi) is 4.10. The van der Waals surface area contributed by atoms with Crippen molar-refractivity contribution in [1.82, 2.24) is 9.78 Å². The maximum Gasteiger partial charge on any atom is 0.129 e. The van der Waals surface area contributed by atoms with Gasteiger partial charge < -0.3 is 10.5 Å². The topological polar surface area (TPSA) is 53.1 Å². The number of aromatic nitrogens is 2. The molecule has 2 N–H and O–H groups in total. The largest absolute Gasteiger partial charge is 0.496 e. The predicted octanol–water partition coefficient (Wildman–Crippen LogP) is 3.97. The summed E-state index contributed by atoms with van der Waals surface area (Å²) in [4.78, 5) is 0. The minimum Gasteiger partial charge on any atom is -0.496 e. The summed E-state index contributed by atoms with van der Waals surface area (Å²) in [6.07, 6.45) is 6.91. The van der Waals surface area contributed by atoms with Gasteiger partial charge in [0.25, 0.3) is 0 Å². The Morgan fingerprint density at radius 1 is 1.23 bits per heavy atom. The van der Waals surface area contributed by atoms with Crippen LogP contribution in [-0.4, -0.2) is 16.9 Å². The van der Waals surface area contributed by atoms with Gasteiger partial charge in [-0.15, -0.1) is 0 Å². The van der Waals surface area contributed by atoms with Crippen LogP contribution in [-0.2, 0) is 7.05 Å². The Balaban J connectivity index is 1.98. The standard InChI is InChI=1S/C18H25N3O/c1-12-4-6-13(7-5-12)15-10-14(8-9-17(15)22-3)16-11-20-21(2)18(16)19/h8-13H,4-7,19H2,1-3H3. The fourth-order valence-electron chi connectivity index (χ4n) is 3.46. The highest BCUT2D eigenvalue weighted by Crippen LogP contribution is 2.41. The first-order chi connectivity index (χ1) is 10.6. The molecule has 22 heavy (non-hydrogen) atoms. The molecule has 4 nitrogen and oxygen atoms in total. The maximum atomic E-state index is 6.12. The number of nitrogens with zero attached hydrogens (tertiary/aromatic N) is 2. The molecular weight excluding hydrogens is 274 g/mol. The number of rotatable bonds is 3. The lowest BCUT2D eigenvalue weighted by molar-refractivity contribution is 0.336. The fourth-order valence-corrected chi connectivity index (χ4v) is 3.46. The van der Waals surface area contributed by atoms with Gasteiger partial charge in [0, 0.05) is 12.6 Å². The van der Waals surface area contributed by atoms with Crippen LogP contribution in [0.4, 0.5) is 5.82 Å². The summed E-state index contributed by atoms with van der Waals surface area (Å²) in [6.45, 7) is 2.35. The van der Waals surface area contributed by atoms with Crippen LogP contribution >= 0.6 is 0 Å². The van der Waals surface area contributed by atoms with E-state index in [-0.39, 0.29) is 0 Å². The monoisotopic (exact) mass is 299 g/mol. The zero-order valence-electron chi connectivity index (χ0n) is 13.7. The molecule has 0 amide bonds. The van der Waals surface area contributed by atoms with E-state index in [0.717, 1.165) is 22.8 Å². The van der Waals surface area contributed by atoms with Crippen molar-refractivity contribution in [2.75, 3.05) is 12.8 Å². The van der Waals surface area contributed by atoms with E-state index in [1.807, 2.05) is 13.2 Å². The fraction of sp³-hybridized carbons (Fsp3) is 0.500. The van der Waals surface area contributed by atoms with Crippen molar-refractivity contribution < 1.29 is 4.74 Å². The van der Waals surface area contributed by atoms with Crippen molar-refractivity contribution in [3.63, 3.8) is 0 Å². The van der Waals surface area contributed by atoms with Gasteiger partial charge >= 0.3 is 0 Å². The van der Waals surface area contributed by atoms with E-state index in [4.69, 9.17) is 10.5 Å². The Hall–Kier alpha value is -1.97. The number of methoxy groups -OCH3 is 1. The highest BCUT2D eigenvalue weighted by molar-refractivity contribution is 5.74. The number of nitrogens with two attached hydrogens (primary N) is 1. The van der Waals surface area contributed by atoms with Crippen LogP contribution in [0.15, 0.2) is 24.4 Å². The van der Waals surface area contributed by atoms with E-state index < -0.39 is 0 Å². The van der Waals surface area contributed by atoms with Crippen LogP contribution < -0.4 is 10.5 Å². The molecule has 0 saturated heterocycles. The van der Waals surface area contributed by atoms with Gasteiger partial charge in [-0.25, -0.2) is 0 Å². The first kappa shape index (κ1) is 14.9. The number of benzene rings is 1. The molecule has 1 saturated carbocycles. The van der Waals surface area contributed by atoms with Gasteiger partial charge in [0.1, 0.15) is 11.6 Å². The van der Waals surface area contributed by atoms with Crippen LogP contribution in [0, 0.1) is 5.92 Å². The smallest absolute Gasteiger partial charge is 0.129 e. The highest BCUT2D eigenvalue weighted by atomic mass is 16.5. The summed E-state index contributed by atoms with van der Waals surface area (Å²) >= 11 is 0. The number of hydrogen-bond donors (Lipinski definition) is 1. The summed E-state index contributed by atoms with van der Waals surface area (Å²) < 4.78 is 7.31. The Morgan fingerprint density at radius 2 is 1.95 bits per heavy atom. The average Bonchev–Trinajstić information content (AvgIpc) is 2.87. The summed E-state index contributed by atoms with van der Waals surface area (Å²) in [5, 5.41) is 4.25. The zero-order chi connectivity index (χ0) is 15.7. The van der Waals surface area contributed by atoms with Crippen molar-refractivity contribution in [2.24, 2.45) is 13.0 Å². The quantitative estimate of drug-likeness (QED) is 0.933. The van der Waals surface area contributed by atoms with Gasteiger partial charge in [0.2, 0.25) is 0 Å². The molecule has 0 unspecified atom stereocenters. The van der Waals surface area contributed by atoms with Crippen molar-refractivity contribution in [1.29, 1.82) is 0 Å². The molecule has 0 atom stereocenters. The number of nitrogen functional groups attached to an aromatic ring is 1. The second-order valence-corrected chi connectivity index (χ2v) is 6.48. The van der Waals surface area contributed by atoms with E-state index in [9.17, 15) is 0 Å². The van der Waals surface area contributed by atoms with Gasteiger partial charge in [-0.05, 0) is 47.9 Å². The molecule has 4 heteroatoms.